The smallest absolute Gasteiger partial charge is 0.151 e. The van der Waals surface area contributed by atoms with Crippen molar-refractivity contribution >= 4 is 9.84 Å². The molecule has 1 heterocycles. The largest absolute Gasteiger partial charge is 0.329 e. The van der Waals surface area contributed by atoms with Crippen LogP contribution in [-0.2, 0) is 16.3 Å². The van der Waals surface area contributed by atoms with E-state index in [0.29, 0.717) is 12.3 Å². The Morgan fingerprint density at radius 3 is 2.48 bits per heavy atom. The maximum Gasteiger partial charge on any atom is 0.151 e. The molecule has 0 saturated carbocycles. The van der Waals surface area contributed by atoms with E-state index < -0.39 is 9.84 Å². The third-order valence-corrected chi connectivity index (χ3v) is 6.67. The quantitative estimate of drug-likeness (QED) is 0.864. The van der Waals surface area contributed by atoms with Gasteiger partial charge >= 0.3 is 0 Å². The SMILES string of the molecule is CCC(CN)(Cc1ccccc1)N(C)C1CCS(=O)(=O)C1. The molecule has 2 N–H and O–H groups in total. The lowest BCUT2D eigenvalue weighted by molar-refractivity contribution is 0.0827. The van der Waals surface area contributed by atoms with Crippen LogP contribution in [0, 0.1) is 0 Å². The van der Waals surface area contributed by atoms with Gasteiger partial charge in [-0.1, -0.05) is 37.3 Å². The van der Waals surface area contributed by atoms with Crippen LogP contribution < -0.4 is 5.73 Å². The van der Waals surface area contributed by atoms with Crippen LogP contribution in [0.15, 0.2) is 30.3 Å². The van der Waals surface area contributed by atoms with Gasteiger partial charge in [-0.3, -0.25) is 4.90 Å². The highest BCUT2D eigenvalue weighted by Crippen LogP contribution is 2.29. The normalized spacial score (nSPS) is 24.1. The summed E-state index contributed by atoms with van der Waals surface area (Å²) >= 11 is 0. The third kappa shape index (κ3) is 3.65. The van der Waals surface area contributed by atoms with Gasteiger partial charge in [0.25, 0.3) is 0 Å². The maximum absolute atomic E-state index is 11.7. The van der Waals surface area contributed by atoms with Crippen molar-refractivity contribution in [3.05, 3.63) is 35.9 Å². The maximum atomic E-state index is 11.7. The Balaban J connectivity index is 2.21. The van der Waals surface area contributed by atoms with Crippen molar-refractivity contribution in [2.75, 3.05) is 25.1 Å². The van der Waals surface area contributed by atoms with E-state index in [4.69, 9.17) is 5.73 Å². The molecule has 0 aromatic heterocycles. The first kappa shape index (κ1) is 16.5. The molecule has 1 aromatic rings. The molecule has 0 bridgehead atoms. The first-order chi connectivity index (χ1) is 9.92. The summed E-state index contributed by atoms with van der Waals surface area (Å²) in [5, 5.41) is 0. The fraction of sp³-hybridized carbons (Fsp3) is 0.625. The van der Waals surface area contributed by atoms with Crippen LogP contribution in [-0.4, -0.2) is 50.0 Å². The molecule has 2 rings (SSSR count). The van der Waals surface area contributed by atoms with E-state index in [1.807, 2.05) is 25.2 Å². The Kier molecular flexibility index (Phi) is 5.07. The molecule has 1 aliphatic rings. The molecule has 1 fully saturated rings. The van der Waals surface area contributed by atoms with E-state index in [0.717, 1.165) is 19.3 Å². The summed E-state index contributed by atoms with van der Waals surface area (Å²) in [5.41, 5.74) is 7.18. The first-order valence-corrected chi connectivity index (χ1v) is 9.42. The molecule has 21 heavy (non-hydrogen) atoms. The standard InChI is InChI=1S/C16H26N2O2S/c1-3-16(13-17,11-14-7-5-4-6-8-14)18(2)15-9-10-21(19,20)12-15/h4-8,15H,3,9-13,17H2,1-2H3. The minimum atomic E-state index is -2.87. The molecular weight excluding hydrogens is 284 g/mol. The summed E-state index contributed by atoms with van der Waals surface area (Å²) in [5.74, 6) is 0.567. The number of rotatable bonds is 6. The zero-order chi connectivity index (χ0) is 15.5. The monoisotopic (exact) mass is 310 g/mol. The number of sulfone groups is 1. The average Bonchev–Trinajstić information content (AvgIpc) is 2.85. The van der Waals surface area contributed by atoms with E-state index in [-0.39, 0.29) is 17.3 Å². The number of nitrogens with two attached hydrogens (primary N) is 1. The van der Waals surface area contributed by atoms with Crippen LogP contribution in [0.1, 0.15) is 25.3 Å². The first-order valence-electron chi connectivity index (χ1n) is 7.60. The summed E-state index contributed by atoms with van der Waals surface area (Å²) in [7, 11) is -0.840. The molecule has 0 aliphatic carbocycles. The summed E-state index contributed by atoms with van der Waals surface area (Å²) in [6, 6.07) is 10.4. The van der Waals surface area contributed by atoms with Crippen LogP contribution in [0.3, 0.4) is 0 Å². The van der Waals surface area contributed by atoms with Gasteiger partial charge in [-0.15, -0.1) is 0 Å². The number of likely N-dealkylation sites (N-methyl/N-ethyl adjacent to an activating group) is 1. The number of hydrogen-bond donors (Lipinski definition) is 1. The van der Waals surface area contributed by atoms with E-state index in [1.54, 1.807) is 0 Å². The Morgan fingerprint density at radius 2 is 2.00 bits per heavy atom. The average molecular weight is 310 g/mol. The molecule has 5 heteroatoms. The molecular formula is C16H26N2O2S. The zero-order valence-electron chi connectivity index (χ0n) is 13.0. The van der Waals surface area contributed by atoms with Crippen LogP contribution in [0.25, 0.3) is 0 Å². The summed E-state index contributed by atoms with van der Waals surface area (Å²) < 4.78 is 23.5. The van der Waals surface area contributed by atoms with E-state index in [9.17, 15) is 8.42 Å². The summed E-state index contributed by atoms with van der Waals surface area (Å²) in [4.78, 5) is 2.23. The van der Waals surface area contributed by atoms with Gasteiger partial charge in [0.15, 0.2) is 9.84 Å². The van der Waals surface area contributed by atoms with Gasteiger partial charge in [0.05, 0.1) is 11.5 Å². The summed E-state index contributed by atoms with van der Waals surface area (Å²) in [6.07, 6.45) is 2.48. The second-order valence-electron chi connectivity index (χ2n) is 6.11. The molecule has 0 radical (unpaired) electrons. The Labute approximate surface area is 128 Å². The topological polar surface area (TPSA) is 63.4 Å². The van der Waals surface area contributed by atoms with Crippen molar-refractivity contribution in [3.63, 3.8) is 0 Å². The van der Waals surface area contributed by atoms with Crippen molar-refractivity contribution < 1.29 is 8.42 Å². The van der Waals surface area contributed by atoms with Gasteiger partial charge in [0, 0.05) is 18.1 Å². The van der Waals surface area contributed by atoms with Gasteiger partial charge in [-0.05, 0) is 31.9 Å². The molecule has 2 atom stereocenters. The Morgan fingerprint density at radius 1 is 1.33 bits per heavy atom. The van der Waals surface area contributed by atoms with Crippen molar-refractivity contribution in [2.24, 2.45) is 5.73 Å². The molecule has 0 amide bonds. The minimum Gasteiger partial charge on any atom is -0.329 e. The molecule has 0 spiro atoms. The highest BCUT2D eigenvalue weighted by Gasteiger charge is 2.40. The lowest BCUT2D eigenvalue weighted by atomic mass is 9.85. The fourth-order valence-corrected chi connectivity index (χ4v) is 5.08. The van der Waals surface area contributed by atoms with Gasteiger partial charge in [-0.2, -0.15) is 0 Å². The van der Waals surface area contributed by atoms with Gasteiger partial charge in [0.2, 0.25) is 0 Å². The molecule has 118 valence electrons. The Hall–Kier alpha value is -0.910. The number of nitrogens with zero attached hydrogens (tertiary/aromatic N) is 1. The number of hydrogen-bond acceptors (Lipinski definition) is 4. The van der Waals surface area contributed by atoms with Crippen molar-refractivity contribution in [1.29, 1.82) is 0 Å². The molecule has 1 aromatic carbocycles. The highest BCUT2D eigenvalue weighted by atomic mass is 32.2. The second kappa shape index (κ2) is 6.46. The second-order valence-corrected chi connectivity index (χ2v) is 8.34. The Bertz CT molecular complexity index is 553. The lowest BCUT2D eigenvalue weighted by Gasteiger charge is -2.44. The van der Waals surface area contributed by atoms with Crippen molar-refractivity contribution in [3.8, 4) is 0 Å². The predicted molar refractivity (Wildman–Crippen MR) is 87.0 cm³/mol. The van der Waals surface area contributed by atoms with Crippen LogP contribution >= 0.6 is 0 Å². The van der Waals surface area contributed by atoms with E-state index in [2.05, 4.69) is 24.0 Å². The number of benzene rings is 1. The van der Waals surface area contributed by atoms with Gasteiger partial charge in [0.1, 0.15) is 0 Å². The van der Waals surface area contributed by atoms with E-state index in [1.165, 1.54) is 5.56 Å². The van der Waals surface area contributed by atoms with Gasteiger partial charge < -0.3 is 5.73 Å². The van der Waals surface area contributed by atoms with E-state index >= 15 is 0 Å². The van der Waals surface area contributed by atoms with Crippen LogP contribution in [0.2, 0.25) is 0 Å². The fourth-order valence-electron chi connectivity index (χ4n) is 3.30. The summed E-state index contributed by atoms with van der Waals surface area (Å²) in [6.45, 7) is 2.67. The zero-order valence-corrected chi connectivity index (χ0v) is 13.8. The van der Waals surface area contributed by atoms with Crippen molar-refractivity contribution in [1.82, 2.24) is 4.90 Å². The highest BCUT2D eigenvalue weighted by molar-refractivity contribution is 7.91. The molecule has 2 unspecified atom stereocenters. The van der Waals surface area contributed by atoms with Crippen LogP contribution in [0.4, 0.5) is 0 Å². The third-order valence-electron chi connectivity index (χ3n) is 4.92. The van der Waals surface area contributed by atoms with Gasteiger partial charge in [-0.25, -0.2) is 8.42 Å². The molecule has 4 nitrogen and oxygen atoms in total. The minimum absolute atomic E-state index is 0.0854. The molecule has 1 saturated heterocycles. The lowest BCUT2D eigenvalue weighted by Crippen LogP contribution is -2.57. The van der Waals surface area contributed by atoms with Crippen molar-refractivity contribution in [2.45, 2.75) is 37.8 Å². The van der Waals surface area contributed by atoms with Crippen LogP contribution in [0.5, 0.6) is 0 Å². The molecule has 1 aliphatic heterocycles. The predicted octanol–water partition coefficient (Wildman–Crippen LogP) is 1.46.